The van der Waals surface area contributed by atoms with Crippen LogP contribution in [0.15, 0.2) is 10.6 Å². The number of anilines is 1. The molecule has 1 aliphatic carbocycles. The average Bonchev–Trinajstić information content (AvgIpc) is 2.72. The summed E-state index contributed by atoms with van der Waals surface area (Å²) < 4.78 is 4.70. The molecule has 0 unspecified atom stereocenters. The van der Waals surface area contributed by atoms with Crippen LogP contribution in [0.1, 0.15) is 18.5 Å². The van der Waals surface area contributed by atoms with Gasteiger partial charge in [0.2, 0.25) is 5.88 Å². The quantitative estimate of drug-likeness (QED) is 0.664. The molecule has 2 rings (SSSR count). The van der Waals surface area contributed by atoms with E-state index in [1.54, 1.807) is 6.07 Å². The summed E-state index contributed by atoms with van der Waals surface area (Å²) in [5, 5.41) is 7.06. The van der Waals surface area contributed by atoms with E-state index >= 15 is 0 Å². The van der Waals surface area contributed by atoms with Gasteiger partial charge in [0.25, 0.3) is 0 Å². The largest absolute Gasteiger partial charge is 0.368 e. The van der Waals surface area contributed by atoms with Crippen LogP contribution in [0.2, 0.25) is 0 Å². The number of nitrogens with zero attached hydrogens (tertiary/aromatic N) is 1. The second-order valence-electron chi connectivity index (χ2n) is 2.88. The number of nitrogens with two attached hydrogens (primary N) is 1. The highest BCUT2D eigenvalue weighted by Crippen LogP contribution is 2.19. The second kappa shape index (κ2) is 2.54. The molecular weight excluding hydrogens is 142 g/mol. The van der Waals surface area contributed by atoms with Crippen LogP contribution in [0.5, 0.6) is 0 Å². The number of aromatic nitrogens is 1. The van der Waals surface area contributed by atoms with Crippen molar-refractivity contribution < 1.29 is 4.52 Å². The zero-order valence-electron chi connectivity index (χ0n) is 6.21. The van der Waals surface area contributed by atoms with E-state index < -0.39 is 0 Å². The fourth-order valence-electron chi connectivity index (χ4n) is 0.948. The average molecular weight is 153 g/mol. The third kappa shape index (κ3) is 1.71. The summed E-state index contributed by atoms with van der Waals surface area (Å²) in [7, 11) is 0. The lowest BCUT2D eigenvalue weighted by Gasteiger charge is -1.95. The lowest BCUT2D eigenvalue weighted by atomic mass is 10.4. The van der Waals surface area contributed by atoms with Gasteiger partial charge in [0, 0.05) is 18.7 Å². The number of hydrogen-bond acceptors (Lipinski definition) is 4. The maximum Gasteiger partial charge on any atom is 0.222 e. The molecule has 3 N–H and O–H groups in total. The van der Waals surface area contributed by atoms with E-state index in [4.69, 9.17) is 10.3 Å². The smallest absolute Gasteiger partial charge is 0.222 e. The van der Waals surface area contributed by atoms with Gasteiger partial charge in [-0.05, 0) is 12.8 Å². The van der Waals surface area contributed by atoms with E-state index in [-0.39, 0.29) is 0 Å². The molecule has 0 bridgehead atoms. The molecule has 0 atom stereocenters. The predicted octanol–water partition coefficient (Wildman–Crippen LogP) is 0.509. The molecule has 0 spiro atoms. The second-order valence-corrected chi connectivity index (χ2v) is 2.88. The van der Waals surface area contributed by atoms with Crippen molar-refractivity contribution in [1.82, 2.24) is 10.5 Å². The zero-order valence-corrected chi connectivity index (χ0v) is 6.21. The van der Waals surface area contributed by atoms with Gasteiger partial charge in [0.05, 0.1) is 5.69 Å². The molecule has 60 valence electrons. The summed E-state index contributed by atoms with van der Waals surface area (Å²) in [5.41, 5.74) is 6.23. The molecule has 1 aliphatic rings. The first-order chi connectivity index (χ1) is 5.34. The van der Waals surface area contributed by atoms with E-state index in [1.807, 2.05) is 0 Å². The van der Waals surface area contributed by atoms with Gasteiger partial charge in [-0.2, -0.15) is 0 Å². The van der Waals surface area contributed by atoms with Crippen LogP contribution in [-0.4, -0.2) is 11.2 Å². The van der Waals surface area contributed by atoms with Gasteiger partial charge >= 0.3 is 0 Å². The molecule has 0 saturated heterocycles. The number of nitrogens with one attached hydrogen (secondary N) is 1. The van der Waals surface area contributed by atoms with Gasteiger partial charge in [0.1, 0.15) is 0 Å². The monoisotopic (exact) mass is 153 g/mol. The van der Waals surface area contributed by atoms with Crippen LogP contribution in [-0.2, 0) is 6.54 Å². The summed E-state index contributed by atoms with van der Waals surface area (Å²) in [6.07, 6.45) is 2.57. The minimum atomic E-state index is 0.387. The standard InChI is InChI=1S/C7H11N3O/c8-7-3-6(10-11-7)4-9-5-1-2-5/h3,5,9H,1-2,4,8H2. The summed E-state index contributed by atoms with van der Waals surface area (Å²) in [6.45, 7) is 0.769. The minimum absolute atomic E-state index is 0.387. The lowest BCUT2D eigenvalue weighted by molar-refractivity contribution is 0.424. The minimum Gasteiger partial charge on any atom is -0.368 e. The Bertz CT molecular complexity index is 242. The first kappa shape index (κ1) is 6.67. The Kier molecular flexibility index (Phi) is 1.54. The van der Waals surface area contributed by atoms with Crippen molar-refractivity contribution >= 4 is 5.88 Å². The first-order valence-corrected chi connectivity index (χ1v) is 3.79. The maximum atomic E-state index is 5.34. The zero-order chi connectivity index (χ0) is 7.68. The Balaban J connectivity index is 1.85. The maximum absolute atomic E-state index is 5.34. The van der Waals surface area contributed by atoms with Gasteiger partial charge in [-0.15, -0.1) is 0 Å². The molecule has 4 nitrogen and oxygen atoms in total. The normalized spacial score (nSPS) is 17.1. The topological polar surface area (TPSA) is 64.1 Å². The van der Waals surface area contributed by atoms with Crippen LogP contribution < -0.4 is 11.1 Å². The molecule has 0 radical (unpaired) electrons. The van der Waals surface area contributed by atoms with Crippen molar-refractivity contribution in [2.45, 2.75) is 25.4 Å². The summed E-state index contributed by atoms with van der Waals surface area (Å²) in [5.74, 6) is 0.387. The molecule has 0 aromatic carbocycles. The van der Waals surface area contributed by atoms with E-state index in [0.717, 1.165) is 12.2 Å². The third-order valence-electron chi connectivity index (χ3n) is 1.73. The van der Waals surface area contributed by atoms with Crippen LogP contribution in [0.25, 0.3) is 0 Å². The highest BCUT2D eigenvalue weighted by Gasteiger charge is 2.20. The molecule has 1 aromatic heterocycles. The van der Waals surface area contributed by atoms with Gasteiger partial charge in [0.15, 0.2) is 0 Å². The van der Waals surface area contributed by atoms with Gasteiger partial charge < -0.3 is 15.6 Å². The molecule has 0 amide bonds. The molecule has 11 heavy (non-hydrogen) atoms. The van der Waals surface area contributed by atoms with Crippen molar-refractivity contribution in [3.05, 3.63) is 11.8 Å². The Labute approximate surface area is 64.7 Å². The van der Waals surface area contributed by atoms with Crippen LogP contribution in [0.4, 0.5) is 5.88 Å². The Morgan fingerprint density at radius 3 is 3.09 bits per heavy atom. The molecule has 4 heteroatoms. The Morgan fingerprint density at radius 2 is 2.55 bits per heavy atom. The van der Waals surface area contributed by atoms with E-state index in [0.29, 0.717) is 11.9 Å². The molecule has 1 fully saturated rings. The Hall–Kier alpha value is -1.03. The van der Waals surface area contributed by atoms with Gasteiger partial charge in [-0.1, -0.05) is 5.16 Å². The summed E-state index contributed by atoms with van der Waals surface area (Å²) in [4.78, 5) is 0. The third-order valence-corrected chi connectivity index (χ3v) is 1.73. The highest BCUT2D eigenvalue weighted by molar-refractivity contribution is 5.24. The fourth-order valence-corrected chi connectivity index (χ4v) is 0.948. The van der Waals surface area contributed by atoms with Gasteiger partial charge in [-0.25, -0.2) is 0 Å². The van der Waals surface area contributed by atoms with E-state index in [9.17, 15) is 0 Å². The Morgan fingerprint density at radius 1 is 1.73 bits per heavy atom. The highest BCUT2D eigenvalue weighted by atomic mass is 16.5. The van der Waals surface area contributed by atoms with Crippen LogP contribution in [0, 0.1) is 0 Å². The predicted molar refractivity (Wildman–Crippen MR) is 40.8 cm³/mol. The van der Waals surface area contributed by atoms with Crippen LogP contribution >= 0.6 is 0 Å². The summed E-state index contributed by atoms with van der Waals surface area (Å²) in [6, 6.07) is 2.45. The molecular formula is C7H11N3O. The van der Waals surface area contributed by atoms with E-state index in [1.165, 1.54) is 12.8 Å². The lowest BCUT2D eigenvalue weighted by Crippen LogP contribution is -2.15. The molecule has 1 saturated carbocycles. The van der Waals surface area contributed by atoms with Gasteiger partial charge in [-0.3, -0.25) is 0 Å². The number of rotatable bonds is 3. The molecule has 1 heterocycles. The number of nitrogen functional groups attached to an aromatic ring is 1. The number of hydrogen-bond donors (Lipinski definition) is 2. The first-order valence-electron chi connectivity index (χ1n) is 3.79. The van der Waals surface area contributed by atoms with E-state index in [2.05, 4.69) is 10.5 Å². The molecule has 0 aliphatic heterocycles. The van der Waals surface area contributed by atoms with Crippen molar-refractivity contribution in [3.63, 3.8) is 0 Å². The summed E-state index contributed by atoms with van der Waals surface area (Å²) >= 11 is 0. The van der Waals surface area contributed by atoms with Crippen molar-refractivity contribution in [2.24, 2.45) is 0 Å². The van der Waals surface area contributed by atoms with Crippen LogP contribution in [0.3, 0.4) is 0 Å². The SMILES string of the molecule is Nc1cc(CNC2CC2)no1. The van der Waals surface area contributed by atoms with Crippen molar-refractivity contribution in [2.75, 3.05) is 5.73 Å². The van der Waals surface area contributed by atoms with Crippen molar-refractivity contribution in [3.8, 4) is 0 Å². The fraction of sp³-hybridized carbons (Fsp3) is 0.571. The molecule has 1 aromatic rings. The van der Waals surface area contributed by atoms with Crippen molar-refractivity contribution in [1.29, 1.82) is 0 Å².